The third-order valence-electron chi connectivity index (χ3n) is 8.28. The second kappa shape index (κ2) is 8.34. The van der Waals surface area contributed by atoms with Crippen LogP contribution in [0.2, 0.25) is 0 Å². The van der Waals surface area contributed by atoms with Crippen molar-refractivity contribution in [2.45, 2.75) is 57.3 Å². The second-order valence-corrected chi connectivity index (χ2v) is 10.5. The molecule has 4 fully saturated rings. The number of aryl methyl sites for hydroxylation is 1. The van der Waals surface area contributed by atoms with Gasteiger partial charge in [-0.05, 0) is 74.6 Å². The minimum Gasteiger partial charge on any atom is -0.375 e. The summed E-state index contributed by atoms with van der Waals surface area (Å²) in [5.41, 5.74) is 2.55. The molecule has 0 radical (unpaired) electrons. The summed E-state index contributed by atoms with van der Waals surface area (Å²) in [6, 6.07) is 8.87. The van der Waals surface area contributed by atoms with Gasteiger partial charge in [-0.2, -0.15) is 5.26 Å². The predicted molar refractivity (Wildman–Crippen MR) is 123 cm³/mol. The molecule has 172 valence electrons. The van der Waals surface area contributed by atoms with Crippen molar-refractivity contribution in [2.24, 2.45) is 17.8 Å². The Labute approximate surface area is 194 Å². The third kappa shape index (κ3) is 4.00. The average Bonchev–Trinajstić information content (AvgIpc) is 3.57. The monoisotopic (exact) mass is 447 g/mol. The van der Waals surface area contributed by atoms with Gasteiger partial charge >= 0.3 is 0 Å². The van der Waals surface area contributed by atoms with Gasteiger partial charge in [-0.25, -0.2) is 4.39 Å². The topological polar surface area (TPSA) is 74.1 Å². The van der Waals surface area contributed by atoms with Crippen LogP contribution in [0, 0.1) is 41.8 Å². The summed E-state index contributed by atoms with van der Waals surface area (Å²) in [6.45, 7) is 5.44. The predicted octanol–water partition coefficient (Wildman–Crippen LogP) is 4.15. The van der Waals surface area contributed by atoms with Gasteiger partial charge in [-0.15, -0.1) is 10.2 Å². The van der Waals surface area contributed by atoms with E-state index < -0.39 is 0 Å². The largest absolute Gasteiger partial charge is 0.375 e. The van der Waals surface area contributed by atoms with Crippen LogP contribution < -0.4 is 5.32 Å². The van der Waals surface area contributed by atoms with E-state index in [2.05, 4.69) is 26.5 Å². The highest BCUT2D eigenvalue weighted by Gasteiger charge is 2.45. The van der Waals surface area contributed by atoms with Crippen molar-refractivity contribution in [3.05, 3.63) is 41.2 Å². The Morgan fingerprint density at radius 1 is 1.15 bits per heavy atom. The smallest absolute Gasteiger partial charge is 0.166 e. The molecule has 4 aliphatic rings. The van der Waals surface area contributed by atoms with Crippen molar-refractivity contribution in [1.29, 1.82) is 5.26 Å². The molecule has 1 aliphatic carbocycles. The van der Waals surface area contributed by atoms with Gasteiger partial charge in [-0.1, -0.05) is 6.07 Å². The van der Waals surface area contributed by atoms with Gasteiger partial charge in [-0.3, -0.25) is 0 Å². The van der Waals surface area contributed by atoms with Crippen molar-refractivity contribution in [3.63, 3.8) is 0 Å². The SMILES string of the molecule is Cc1ccc(F)cc1-c1cc(C#N)c(N[C@@H]2C[C@@H]3CN(C[C@@H]4CC5CCC4O5)C[C@@H]3C2)nn1. The summed E-state index contributed by atoms with van der Waals surface area (Å²) in [7, 11) is 0. The number of halogens is 1. The van der Waals surface area contributed by atoms with E-state index in [1.54, 1.807) is 12.1 Å². The molecule has 6 nitrogen and oxygen atoms in total. The fourth-order valence-corrected chi connectivity index (χ4v) is 6.71. The number of nitrogens with zero attached hydrogens (tertiary/aromatic N) is 4. The quantitative estimate of drug-likeness (QED) is 0.742. The number of ether oxygens (including phenoxy) is 1. The zero-order valence-electron chi connectivity index (χ0n) is 19.0. The molecule has 1 aromatic heterocycles. The minimum atomic E-state index is -0.322. The molecule has 1 aromatic carbocycles. The van der Waals surface area contributed by atoms with Gasteiger partial charge in [0.1, 0.15) is 11.9 Å². The van der Waals surface area contributed by atoms with E-state index in [0.29, 0.717) is 52.7 Å². The molecular weight excluding hydrogens is 417 g/mol. The van der Waals surface area contributed by atoms with E-state index >= 15 is 0 Å². The first kappa shape index (κ1) is 21.0. The third-order valence-corrected chi connectivity index (χ3v) is 8.28. The zero-order chi connectivity index (χ0) is 22.5. The maximum Gasteiger partial charge on any atom is 0.166 e. The number of hydrogen-bond donors (Lipinski definition) is 1. The Morgan fingerprint density at radius 3 is 2.67 bits per heavy atom. The summed E-state index contributed by atoms with van der Waals surface area (Å²) in [6.07, 6.45) is 7.01. The van der Waals surface area contributed by atoms with Gasteiger partial charge in [0.25, 0.3) is 0 Å². The Hall–Kier alpha value is -2.56. The first-order valence-electron chi connectivity index (χ1n) is 12.2. The number of fused-ring (bicyclic) bond motifs is 3. The molecule has 2 bridgehead atoms. The summed E-state index contributed by atoms with van der Waals surface area (Å²) in [5, 5.41) is 21.9. The summed E-state index contributed by atoms with van der Waals surface area (Å²) in [4.78, 5) is 2.66. The highest BCUT2D eigenvalue weighted by atomic mass is 19.1. The number of hydrogen-bond acceptors (Lipinski definition) is 6. The van der Waals surface area contributed by atoms with E-state index in [-0.39, 0.29) is 5.82 Å². The van der Waals surface area contributed by atoms with E-state index in [1.807, 2.05) is 6.92 Å². The van der Waals surface area contributed by atoms with E-state index in [1.165, 1.54) is 51.0 Å². The van der Waals surface area contributed by atoms with Crippen LogP contribution in [0.15, 0.2) is 24.3 Å². The first-order chi connectivity index (χ1) is 16.1. The summed E-state index contributed by atoms with van der Waals surface area (Å²) >= 11 is 0. The molecule has 3 saturated heterocycles. The molecule has 6 rings (SSSR count). The lowest BCUT2D eigenvalue weighted by Gasteiger charge is -2.26. The number of anilines is 1. The van der Waals surface area contributed by atoms with Crippen LogP contribution >= 0.6 is 0 Å². The van der Waals surface area contributed by atoms with E-state index in [0.717, 1.165) is 24.3 Å². The molecule has 1 N–H and O–H groups in total. The maximum atomic E-state index is 13.7. The van der Waals surface area contributed by atoms with Crippen molar-refractivity contribution < 1.29 is 9.13 Å². The molecule has 2 unspecified atom stereocenters. The van der Waals surface area contributed by atoms with Gasteiger partial charge < -0.3 is 15.0 Å². The Morgan fingerprint density at radius 2 is 1.97 bits per heavy atom. The van der Waals surface area contributed by atoms with Crippen LogP contribution in [0.4, 0.5) is 10.2 Å². The molecule has 7 heteroatoms. The number of aromatic nitrogens is 2. The molecule has 4 heterocycles. The number of rotatable bonds is 5. The molecule has 33 heavy (non-hydrogen) atoms. The Kier molecular flexibility index (Phi) is 5.31. The van der Waals surface area contributed by atoms with Gasteiger partial charge in [0.2, 0.25) is 0 Å². The molecule has 1 saturated carbocycles. The average molecular weight is 448 g/mol. The van der Waals surface area contributed by atoms with Crippen LogP contribution in [-0.4, -0.2) is 53.0 Å². The second-order valence-electron chi connectivity index (χ2n) is 10.5. The van der Waals surface area contributed by atoms with Gasteiger partial charge in [0.05, 0.1) is 23.5 Å². The zero-order valence-corrected chi connectivity index (χ0v) is 19.0. The van der Waals surface area contributed by atoms with E-state index in [9.17, 15) is 9.65 Å². The molecular formula is C26H30FN5O. The lowest BCUT2D eigenvalue weighted by atomic mass is 9.89. The fourth-order valence-electron chi connectivity index (χ4n) is 6.71. The first-order valence-corrected chi connectivity index (χ1v) is 12.2. The lowest BCUT2D eigenvalue weighted by Crippen LogP contribution is -2.33. The number of likely N-dealkylation sites (tertiary alicyclic amines) is 1. The van der Waals surface area contributed by atoms with E-state index in [4.69, 9.17) is 4.74 Å². The summed E-state index contributed by atoms with van der Waals surface area (Å²) < 4.78 is 19.8. The number of nitrogens with one attached hydrogen (secondary N) is 1. The summed E-state index contributed by atoms with van der Waals surface area (Å²) in [5.74, 6) is 2.35. The van der Waals surface area contributed by atoms with Crippen LogP contribution in [-0.2, 0) is 4.74 Å². The minimum absolute atomic E-state index is 0.316. The van der Waals surface area contributed by atoms with Crippen molar-refractivity contribution in [1.82, 2.24) is 15.1 Å². The van der Waals surface area contributed by atoms with Crippen LogP contribution in [0.5, 0.6) is 0 Å². The lowest BCUT2D eigenvalue weighted by molar-refractivity contribution is 0.0854. The van der Waals surface area contributed by atoms with Crippen molar-refractivity contribution >= 4 is 5.82 Å². The highest BCUT2D eigenvalue weighted by Crippen LogP contribution is 2.43. The normalized spacial score (nSPS) is 32.8. The maximum absolute atomic E-state index is 13.7. The van der Waals surface area contributed by atoms with Crippen LogP contribution in [0.25, 0.3) is 11.3 Å². The van der Waals surface area contributed by atoms with Crippen molar-refractivity contribution in [2.75, 3.05) is 25.0 Å². The van der Waals surface area contributed by atoms with Gasteiger partial charge in [0, 0.05) is 37.2 Å². The standard InChI is InChI=1S/C26H30FN5O/c1-15-2-3-20(27)10-23(15)24-9-16(11-28)26(31-30-24)29-21-6-17-12-32(13-18(17)7-21)14-19-8-22-4-5-25(19)33-22/h2-3,9-10,17-19,21-22,25H,4-8,12-14H2,1H3,(H,29,31)/t17-,18+,19-,21-,22?,25?/m0/s1. The molecule has 3 aliphatic heterocycles. The molecule has 0 spiro atoms. The van der Waals surface area contributed by atoms with Crippen molar-refractivity contribution in [3.8, 4) is 17.3 Å². The number of nitriles is 1. The Bertz CT molecular complexity index is 1090. The molecule has 0 amide bonds. The van der Waals surface area contributed by atoms with Crippen LogP contribution in [0.3, 0.4) is 0 Å². The Balaban J connectivity index is 1.08. The highest BCUT2D eigenvalue weighted by molar-refractivity contribution is 5.67. The fraction of sp³-hybridized carbons (Fsp3) is 0.577. The van der Waals surface area contributed by atoms with Gasteiger partial charge in [0.15, 0.2) is 5.82 Å². The molecule has 2 aromatic rings. The number of benzene rings is 1. The molecule has 6 atom stereocenters. The van der Waals surface area contributed by atoms with Crippen LogP contribution in [0.1, 0.15) is 43.2 Å².